The van der Waals surface area contributed by atoms with Crippen molar-refractivity contribution >= 4 is 23.2 Å². The van der Waals surface area contributed by atoms with Gasteiger partial charge in [-0.05, 0) is 30.3 Å². The average Bonchev–Trinajstić information content (AvgIpc) is 3.25. The second-order valence-electron chi connectivity index (χ2n) is 5.52. The van der Waals surface area contributed by atoms with Crippen LogP contribution in [0.5, 0.6) is 0 Å². The maximum atomic E-state index is 12.3. The topological polar surface area (TPSA) is 103 Å². The van der Waals surface area contributed by atoms with Crippen molar-refractivity contribution in [3.05, 3.63) is 60.2 Å². The zero-order chi connectivity index (χ0) is 18.5. The molecule has 2 aromatic heterocycles. The number of hydrogen-bond donors (Lipinski definition) is 2. The van der Waals surface area contributed by atoms with Gasteiger partial charge in [-0.25, -0.2) is 4.68 Å². The highest BCUT2D eigenvalue weighted by Gasteiger charge is 2.12. The number of carbonyl (C=O) groups excluding carboxylic acids is 2. The lowest BCUT2D eigenvalue weighted by Gasteiger charge is -2.07. The Labute approximate surface area is 149 Å². The highest BCUT2D eigenvalue weighted by atomic mass is 16.5. The van der Waals surface area contributed by atoms with Gasteiger partial charge in [0.1, 0.15) is 6.73 Å². The van der Waals surface area contributed by atoms with Crippen LogP contribution in [0.3, 0.4) is 0 Å². The van der Waals surface area contributed by atoms with E-state index in [-0.39, 0.29) is 24.2 Å². The average molecular weight is 354 g/mol. The quantitative estimate of drug-likeness (QED) is 0.702. The van der Waals surface area contributed by atoms with E-state index in [2.05, 4.69) is 20.8 Å². The van der Waals surface area contributed by atoms with E-state index in [1.165, 1.54) is 4.68 Å². The van der Waals surface area contributed by atoms with E-state index in [1.54, 1.807) is 67.6 Å². The molecule has 1 aromatic carbocycles. The molecule has 26 heavy (non-hydrogen) atoms. The fourth-order valence-electron chi connectivity index (χ4n) is 2.29. The number of aromatic nitrogens is 4. The van der Waals surface area contributed by atoms with Crippen molar-refractivity contribution in [1.29, 1.82) is 0 Å². The number of benzene rings is 1. The van der Waals surface area contributed by atoms with Gasteiger partial charge in [0.05, 0.1) is 0 Å². The Morgan fingerprint density at radius 1 is 1.00 bits per heavy atom. The minimum atomic E-state index is -0.354. The number of carbonyl (C=O) groups is 2. The van der Waals surface area contributed by atoms with Crippen molar-refractivity contribution in [2.24, 2.45) is 7.05 Å². The first kappa shape index (κ1) is 17.4. The molecule has 0 saturated heterocycles. The number of nitrogens with zero attached hydrogens (tertiary/aromatic N) is 4. The molecule has 2 amide bonds. The molecule has 0 atom stereocenters. The van der Waals surface area contributed by atoms with Crippen LogP contribution in [0, 0.1) is 0 Å². The molecule has 2 N–H and O–H groups in total. The molecule has 0 unspecified atom stereocenters. The van der Waals surface area contributed by atoms with Crippen LogP contribution < -0.4 is 10.6 Å². The van der Waals surface area contributed by atoms with Gasteiger partial charge in [0.2, 0.25) is 0 Å². The van der Waals surface area contributed by atoms with Crippen LogP contribution >= 0.6 is 0 Å². The van der Waals surface area contributed by atoms with Crippen LogP contribution in [0.2, 0.25) is 0 Å². The third-order valence-electron chi connectivity index (χ3n) is 3.46. The zero-order valence-corrected chi connectivity index (χ0v) is 14.3. The van der Waals surface area contributed by atoms with E-state index in [9.17, 15) is 9.59 Å². The minimum Gasteiger partial charge on any atom is -0.362 e. The molecule has 9 nitrogen and oxygen atoms in total. The number of anilines is 2. The lowest BCUT2D eigenvalue weighted by Crippen LogP contribution is -2.15. The van der Waals surface area contributed by atoms with Crippen molar-refractivity contribution in [3.63, 3.8) is 0 Å². The van der Waals surface area contributed by atoms with Crippen LogP contribution in [0.25, 0.3) is 0 Å². The molecule has 134 valence electrons. The first-order chi connectivity index (χ1) is 12.5. The van der Waals surface area contributed by atoms with Crippen LogP contribution in [0.15, 0.2) is 48.8 Å². The molecule has 0 aliphatic rings. The Balaban J connectivity index is 1.66. The number of nitrogens with one attached hydrogen (secondary N) is 2. The molecule has 0 radical (unpaired) electrons. The van der Waals surface area contributed by atoms with Crippen molar-refractivity contribution in [3.8, 4) is 0 Å². The maximum Gasteiger partial charge on any atom is 0.276 e. The Morgan fingerprint density at radius 3 is 2.19 bits per heavy atom. The van der Waals surface area contributed by atoms with Crippen molar-refractivity contribution < 1.29 is 14.3 Å². The molecule has 0 saturated carbocycles. The van der Waals surface area contributed by atoms with Crippen LogP contribution in [-0.2, 0) is 18.5 Å². The molecule has 0 bridgehead atoms. The first-order valence-electron chi connectivity index (χ1n) is 7.80. The normalized spacial score (nSPS) is 10.5. The molecule has 0 aliphatic carbocycles. The van der Waals surface area contributed by atoms with Gasteiger partial charge in [-0.3, -0.25) is 14.3 Å². The first-order valence-corrected chi connectivity index (χ1v) is 7.80. The monoisotopic (exact) mass is 354 g/mol. The third-order valence-corrected chi connectivity index (χ3v) is 3.46. The third kappa shape index (κ3) is 4.14. The van der Waals surface area contributed by atoms with Gasteiger partial charge in [0.15, 0.2) is 11.4 Å². The predicted octanol–water partition coefficient (Wildman–Crippen LogP) is 1.73. The zero-order valence-electron chi connectivity index (χ0n) is 14.3. The SMILES string of the molecule is COCn1ccc(C(=O)Nc2cccc(NC(=O)c3ccn(C)n3)c2)n1. The van der Waals surface area contributed by atoms with Crippen LogP contribution in [-0.4, -0.2) is 38.5 Å². The van der Waals surface area contributed by atoms with Crippen molar-refractivity contribution in [2.75, 3.05) is 17.7 Å². The lowest BCUT2D eigenvalue weighted by molar-refractivity contribution is 0.100. The Morgan fingerprint density at radius 2 is 1.62 bits per heavy atom. The van der Waals surface area contributed by atoms with Gasteiger partial charge >= 0.3 is 0 Å². The number of methoxy groups -OCH3 is 1. The molecule has 2 heterocycles. The highest BCUT2D eigenvalue weighted by molar-refractivity contribution is 6.05. The summed E-state index contributed by atoms with van der Waals surface area (Å²) in [5, 5.41) is 13.6. The Bertz CT molecular complexity index is 930. The Hall–Kier alpha value is -3.46. The number of aryl methyl sites for hydroxylation is 1. The summed E-state index contributed by atoms with van der Waals surface area (Å²) in [6.45, 7) is 0.266. The second kappa shape index (κ2) is 7.62. The molecule has 0 aliphatic heterocycles. The van der Waals surface area contributed by atoms with E-state index >= 15 is 0 Å². The number of amides is 2. The van der Waals surface area contributed by atoms with Crippen LogP contribution in [0.4, 0.5) is 11.4 Å². The molecule has 3 aromatic rings. The van der Waals surface area contributed by atoms with Crippen molar-refractivity contribution in [2.45, 2.75) is 6.73 Å². The van der Waals surface area contributed by atoms with Gasteiger partial charge in [0.25, 0.3) is 11.8 Å². The largest absolute Gasteiger partial charge is 0.362 e. The molecule has 0 spiro atoms. The van der Waals surface area contributed by atoms with Gasteiger partial charge in [-0.1, -0.05) is 6.07 Å². The van der Waals surface area contributed by atoms with E-state index in [0.717, 1.165) is 0 Å². The summed E-state index contributed by atoms with van der Waals surface area (Å²) >= 11 is 0. The van der Waals surface area contributed by atoms with Crippen molar-refractivity contribution in [1.82, 2.24) is 19.6 Å². The summed E-state index contributed by atoms with van der Waals surface area (Å²) in [6, 6.07) is 10.1. The smallest absolute Gasteiger partial charge is 0.276 e. The summed E-state index contributed by atoms with van der Waals surface area (Å²) in [6.07, 6.45) is 3.34. The molecule has 0 fully saturated rings. The fraction of sp³-hybridized carbons (Fsp3) is 0.176. The van der Waals surface area contributed by atoms with E-state index in [1.807, 2.05) is 0 Å². The van der Waals surface area contributed by atoms with E-state index in [4.69, 9.17) is 4.74 Å². The standard InChI is InChI=1S/C17H18N6O3/c1-22-8-6-14(20-22)16(24)18-12-4-3-5-13(10-12)19-17(25)15-7-9-23(21-15)11-26-2/h3-10H,11H2,1-2H3,(H,18,24)(H,19,25). The summed E-state index contributed by atoms with van der Waals surface area (Å²) < 4.78 is 8.01. The van der Waals surface area contributed by atoms with E-state index < -0.39 is 0 Å². The Kier molecular flexibility index (Phi) is 5.09. The predicted molar refractivity (Wildman–Crippen MR) is 94.8 cm³/mol. The van der Waals surface area contributed by atoms with E-state index in [0.29, 0.717) is 17.1 Å². The number of hydrogen-bond acceptors (Lipinski definition) is 5. The van der Waals surface area contributed by atoms with Gasteiger partial charge in [0, 0.05) is 37.9 Å². The highest BCUT2D eigenvalue weighted by Crippen LogP contribution is 2.16. The summed E-state index contributed by atoms with van der Waals surface area (Å²) in [5.41, 5.74) is 1.66. The fourth-order valence-corrected chi connectivity index (χ4v) is 2.29. The van der Waals surface area contributed by atoms with Gasteiger partial charge in [-0.15, -0.1) is 0 Å². The molecule has 3 rings (SSSR count). The number of ether oxygens (including phenoxy) is 1. The molecular formula is C17H18N6O3. The summed E-state index contributed by atoms with van der Waals surface area (Å²) in [4.78, 5) is 24.4. The summed E-state index contributed by atoms with van der Waals surface area (Å²) in [5.74, 6) is -0.680. The summed E-state index contributed by atoms with van der Waals surface area (Å²) in [7, 11) is 3.28. The molecule has 9 heteroatoms. The maximum absolute atomic E-state index is 12.3. The minimum absolute atomic E-state index is 0.266. The lowest BCUT2D eigenvalue weighted by atomic mass is 10.2. The second-order valence-corrected chi connectivity index (χ2v) is 5.52. The van der Waals surface area contributed by atoms with Gasteiger partial charge in [-0.2, -0.15) is 10.2 Å². The van der Waals surface area contributed by atoms with Crippen LogP contribution in [0.1, 0.15) is 21.0 Å². The molecular weight excluding hydrogens is 336 g/mol. The van der Waals surface area contributed by atoms with Gasteiger partial charge < -0.3 is 15.4 Å². The number of rotatable bonds is 6.